The number of aromatic nitrogens is 4. The van der Waals surface area contributed by atoms with Crippen molar-refractivity contribution in [2.75, 3.05) is 23.0 Å². The quantitative estimate of drug-likeness (QED) is 0.488. The van der Waals surface area contributed by atoms with Crippen molar-refractivity contribution in [3.63, 3.8) is 0 Å². The molecule has 2 aromatic heterocycles. The van der Waals surface area contributed by atoms with Crippen molar-refractivity contribution >= 4 is 34.3 Å². The van der Waals surface area contributed by atoms with Crippen molar-refractivity contribution < 1.29 is 5.11 Å². The molecular weight excluding hydrogens is 318 g/mol. The smallest absolute Gasteiger partial charge is 0.227 e. The summed E-state index contributed by atoms with van der Waals surface area (Å²) in [7, 11) is 0. The van der Waals surface area contributed by atoms with E-state index < -0.39 is 0 Å². The van der Waals surface area contributed by atoms with E-state index in [0.717, 1.165) is 24.3 Å². The lowest BCUT2D eigenvalue weighted by molar-refractivity contribution is 0.271. The van der Waals surface area contributed by atoms with E-state index >= 15 is 0 Å². The fourth-order valence-electron chi connectivity index (χ4n) is 2.49. The number of aliphatic hydroxyl groups excluding tert-OH is 1. The fourth-order valence-corrected chi connectivity index (χ4v) is 2.49. The molecule has 0 fully saturated rings. The lowest BCUT2D eigenvalue weighted by atomic mass is 10.2. The van der Waals surface area contributed by atoms with Gasteiger partial charge in [-0.05, 0) is 37.6 Å². The Bertz CT molecular complexity index is 840. The second kappa shape index (κ2) is 7.35. The van der Waals surface area contributed by atoms with Crippen LogP contribution < -0.4 is 16.4 Å². The molecule has 2 heterocycles. The maximum Gasteiger partial charge on any atom is 0.227 e. The third-order valence-electron chi connectivity index (χ3n) is 4.02. The first kappa shape index (κ1) is 17.0. The predicted octanol–water partition coefficient (Wildman–Crippen LogP) is 2.35. The first-order valence-electron chi connectivity index (χ1n) is 8.37. The zero-order valence-corrected chi connectivity index (χ0v) is 14.4. The number of nitrogens with zero attached hydrogens (tertiary/aromatic N) is 4. The Balaban J connectivity index is 2.02. The summed E-state index contributed by atoms with van der Waals surface area (Å²) in [5.41, 5.74) is 8.74. The summed E-state index contributed by atoms with van der Waals surface area (Å²) in [5, 5.41) is 15.9. The fraction of sp³-hybridized carbons (Fsp3) is 0.353. The molecule has 0 aliphatic rings. The van der Waals surface area contributed by atoms with Crippen LogP contribution in [0.1, 0.15) is 20.3 Å². The molecule has 0 radical (unpaired) electrons. The number of hydrogen-bond donors (Lipinski definition) is 4. The minimum absolute atomic E-state index is 0.0195. The number of hydrogen-bond acceptors (Lipinski definition) is 7. The molecular formula is C17H23N7O. The molecule has 0 aliphatic carbocycles. The zero-order chi connectivity index (χ0) is 17.8. The largest absolute Gasteiger partial charge is 0.399 e. The highest BCUT2D eigenvalue weighted by molar-refractivity contribution is 5.86. The predicted molar refractivity (Wildman–Crippen MR) is 99.9 cm³/mol. The molecule has 0 saturated heterocycles. The molecule has 8 heteroatoms. The normalized spacial score (nSPS) is 12.3. The minimum Gasteiger partial charge on any atom is -0.399 e. The van der Waals surface area contributed by atoms with Crippen molar-refractivity contribution in [3.8, 4) is 0 Å². The summed E-state index contributed by atoms with van der Waals surface area (Å²) in [6, 6.07) is 7.32. The SMILES string of the molecule is CC[C@H](CO)Nc1nc(Nc2ccc(N)cc2)c2ncn(CC)c2n1. The van der Waals surface area contributed by atoms with Gasteiger partial charge in [0.05, 0.1) is 19.0 Å². The number of benzene rings is 1. The molecule has 132 valence electrons. The molecule has 8 nitrogen and oxygen atoms in total. The zero-order valence-electron chi connectivity index (χ0n) is 14.4. The van der Waals surface area contributed by atoms with Crippen LogP contribution in [0.2, 0.25) is 0 Å². The first-order chi connectivity index (χ1) is 12.1. The Morgan fingerprint density at radius 2 is 1.96 bits per heavy atom. The number of imidazole rings is 1. The molecule has 3 rings (SSSR count). The van der Waals surface area contributed by atoms with Gasteiger partial charge in [-0.3, -0.25) is 0 Å². The summed E-state index contributed by atoms with van der Waals surface area (Å²) < 4.78 is 1.95. The summed E-state index contributed by atoms with van der Waals surface area (Å²) in [5.74, 6) is 1.07. The number of fused-ring (bicyclic) bond motifs is 1. The average molecular weight is 341 g/mol. The van der Waals surface area contributed by atoms with Crippen molar-refractivity contribution in [1.82, 2.24) is 19.5 Å². The molecule has 3 aromatic rings. The summed E-state index contributed by atoms with van der Waals surface area (Å²) in [4.78, 5) is 13.6. The van der Waals surface area contributed by atoms with Crippen molar-refractivity contribution in [1.29, 1.82) is 0 Å². The Hall–Kier alpha value is -2.87. The van der Waals surface area contributed by atoms with Crippen LogP contribution in [-0.4, -0.2) is 37.3 Å². The van der Waals surface area contributed by atoms with Gasteiger partial charge in [-0.1, -0.05) is 6.92 Å². The lowest BCUT2D eigenvalue weighted by Crippen LogP contribution is -2.24. The van der Waals surface area contributed by atoms with Gasteiger partial charge in [0.2, 0.25) is 5.95 Å². The van der Waals surface area contributed by atoms with E-state index in [2.05, 4.69) is 25.6 Å². The van der Waals surface area contributed by atoms with Gasteiger partial charge in [0.15, 0.2) is 17.0 Å². The van der Waals surface area contributed by atoms with E-state index in [1.807, 2.05) is 42.7 Å². The van der Waals surface area contributed by atoms with Crippen LogP contribution in [0.3, 0.4) is 0 Å². The molecule has 1 atom stereocenters. The molecule has 5 N–H and O–H groups in total. The maximum absolute atomic E-state index is 9.43. The van der Waals surface area contributed by atoms with Gasteiger partial charge in [-0.25, -0.2) is 4.98 Å². The van der Waals surface area contributed by atoms with Crippen LogP contribution in [0.4, 0.5) is 23.1 Å². The number of aliphatic hydroxyl groups is 1. The van der Waals surface area contributed by atoms with Gasteiger partial charge in [0.25, 0.3) is 0 Å². The lowest BCUT2D eigenvalue weighted by Gasteiger charge is -2.15. The van der Waals surface area contributed by atoms with Gasteiger partial charge in [-0.2, -0.15) is 9.97 Å². The molecule has 1 aromatic carbocycles. The summed E-state index contributed by atoms with van der Waals surface area (Å²) >= 11 is 0. The Morgan fingerprint density at radius 1 is 1.20 bits per heavy atom. The Labute approximate surface area is 146 Å². The highest BCUT2D eigenvalue weighted by Crippen LogP contribution is 2.25. The molecule has 0 amide bonds. The highest BCUT2D eigenvalue weighted by Gasteiger charge is 2.15. The Kier molecular flexibility index (Phi) is 4.99. The monoisotopic (exact) mass is 341 g/mol. The van der Waals surface area contributed by atoms with Crippen molar-refractivity contribution in [2.45, 2.75) is 32.9 Å². The van der Waals surface area contributed by atoms with Crippen LogP contribution in [0.15, 0.2) is 30.6 Å². The molecule has 25 heavy (non-hydrogen) atoms. The molecule has 0 bridgehead atoms. The number of rotatable bonds is 7. The van der Waals surface area contributed by atoms with Gasteiger partial charge in [-0.15, -0.1) is 0 Å². The number of nitrogens with one attached hydrogen (secondary N) is 2. The average Bonchev–Trinajstić information content (AvgIpc) is 3.05. The van der Waals surface area contributed by atoms with Gasteiger partial charge in [0.1, 0.15) is 0 Å². The Morgan fingerprint density at radius 3 is 2.60 bits per heavy atom. The van der Waals surface area contributed by atoms with Crippen LogP contribution in [0.5, 0.6) is 0 Å². The van der Waals surface area contributed by atoms with E-state index in [0.29, 0.717) is 23.0 Å². The van der Waals surface area contributed by atoms with E-state index in [-0.39, 0.29) is 12.6 Å². The molecule has 0 saturated carbocycles. The van der Waals surface area contributed by atoms with Gasteiger partial charge < -0.3 is 26.0 Å². The van der Waals surface area contributed by atoms with Crippen LogP contribution in [0, 0.1) is 0 Å². The number of nitrogen functional groups attached to an aromatic ring is 1. The van der Waals surface area contributed by atoms with Crippen molar-refractivity contribution in [2.24, 2.45) is 0 Å². The summed E-state index contributed by atoms with van der Waals surface area (Å²) in [6.45, 7) is 4.80. The molecule has 0 unspecified atom stereocenters. The highest BCUT2D eigenvalue weighted by atomic mass is 16.3. The topological polar surface area (TPSA) is 114 Å². The van der Waals surface area contributed by atoms with E-state index in [1.165, 1.54) is 0 Å². The maximum atomic E-state index is 9.43. The van der Waals surface area contributed by atoms with E-state index in [1.54, 1.807) is 6.33 Å². The van der Waals surface area contributed by atoms with Crippen molar-refractivity contribution in [3.05, 3.63) is 30.6 Å². The number of nitrogens with two attached hydrogens (primary N) is 1. The van der Waals surface area contributed by atoms with E-state index in [9.17, 15) is 5.11 Å². The number of anilines is 4. The minimum atomic E-state index is -0.0974. The van der Waals surface area contributed by atoms with Crippen LogP contribution >= 0.6 is 0 Å². The molecule has 0 aliphatic heterocycles. The van der Waals surface area contributed by atoms with Crippen LogP contribution in [0.25, 0.3) is 11.2 Å². The third kappa shape index (κ3) is 3.63. The van der Waals surface area contributed by atoms with E-state index in [4.69, 9.17) is 5.73 Å². The standard InChI is InChI=1S/C17H23N7O/c1-3-12(9-25)21-17-22-15(20-13-7-5-11(18)6-8-13)14-16(23-17)24(4-2)10-19-14/h5-8,10,12,25H,3-4,9,18H2,1-2H3,(H2,20,21,22,23)/t12-/m1/s1. The van der Waals surface area contributed by atoms with Gasteiger partial charge in [0, 0.05) is 17.9 Å². The second-order valence-electron chi connectivity index (χ2n) is 5.78. The van der Waals surface area contributed by atoms with Gasteiger partial charge >= 0.3 is 0 Å². The third-order valence-corrected chi connectivity index (χ3v) is 4.02. The van der Waals surface area contributed by atoms with Crippen LogP contribution in [-0.2, 0) is 6.54 Å². The summed E-state index contributed by atoms with van der Waals surface area (Å²) in [6.07, 6.45) is 2.52. The number of aryl methyl sites for hydroxylation is 1. The first-order valence-corrected chi connectivity index (χ1v) is 8.37. The second-order valence-corrected chi connectivity index (χ2v) is 5.78. The molecule has 0 spiro atoms.